The first-order valence-electron chi connectivity index (χ1n) is 7.21. The zero-order chi connectivity index (χ0) is 15.0. The molecule has 1 aromatic carbocycles. The number of aryl methyl sites for hydroxylation is 1. The minimum Gasteiger partial charge on any atom is -0.327 e. The molecule has 0 spiro atoms. The van der Waals surface area contributed by atoms with Gasteiger partial charge in [-0.3, -0.25) is 0 Å². The Labute approximate surface area is 131 Å². The van der Waals surface area contributed by atoms with Gasteiger partial charge in [0.15, 0.2) is 0 Å². The predicted octanol–water partition coefficient (Wildman–Crippen LogP) is -0.865. The lowest BCUT2D eigenvalue weighted by atomic mass is 8.87. The highest BCUT2D eigenvalue weighted by molar-refractivity contribution is 7.59. The smallest absolute Gasteiger partial charge is 0.225 e. The van der Waals surface area contributed by atoms with Crippen molar-refractivity contribution in [2.24, 2.45) is 16.3 Å². The van der Waals surface area contributed by atoms with Gasteiger partial charge in [0, 0.05) is 43.2 Å². The van der Waals surface area contributed by atoms with Crippen LogP contribution in [0.5, 0.6) is 0 Å². The average molecular weight is 264 g/mol. The van der Waals surface area contributed by atoms with Gasteiger partial charge in [0.2, 0.25) is 6.74 Å². The van der Waals surface area contributed by atoms with Crippen molar-refractivity contribution in [2.75, 3.05) is 0 Å². The maximum Gasteiger partial charge on any atom is 0.225 e. The number of rotatable bonds is 3. The van der Waals surface area contributed by atoms with Crippen LogP contribution in [0.2, 0.25) is 6.32 Å². The maximum atomic E-state index is 6.04. The SMILES string of the molecule is [B][B]B1CCc2cccc3c2C1B(B([B])[B])N(/N=N/N)C3. The highest BCUT2D eigenvalue weighted by atomic mass is 15.6. The highest BCUT2D eigenvalue weighted by Gasteiger charge is 2.46. The van der Waals surface area contributed by atoms with E-state index in [0.29, 0.717) is 6.54 Å². The molecule has 0 saturated heterocycles. The second kappa shape index (κ2) is 5.94. The molecule has 2 heterocycles. The summed E-state index contributed by atoms with van der Waals surface area (Å²) < 4.78 is 0. The van der Waals surface area contributed by atoms with E-state index in [0.717, 1.165) is 12.7 Å². The van der Waals surface area contributed by atoms with Gasteiger partial charge in [0.25, 0.3) is 0 Å². The molecule has 1 atom stereocenters. The lowest BCUT2D eigenvalue weighted by molar-refractivity contribution is 0.410. The second-order valence-electron chi connectivity index (χ2n) is 5.78. The largest absolute Gasteiger partial charge is 0.327 e. The molecule has 2 aliphatic rings. The topological polar surface area (TPSA) is 54.0 Å². The molecule has 2 aliphatic heterocycles. The Balaban J connectivity index is 2.14. The average Bonchev–Trinajstić information content (AvgIpc) is 2.47. The Morgan fingerprint density at radius 2 is 2.14 bits per heavy atom. The molecule has 1 aromatic rings. The third-order valence-corrected chi connectivity index (χ3v) is 4.68. The number of benzene rings is 1. The van der Waals surface area contributed by atoms with Gasteiger partial charge < -0.3 is 10.8 Å². The van der Waals surface area contributed by atoms with Gasteiger partial charge >= 0.3 is 0 Å². The van der Waals surface area contributed by atoms with Crippen LogP contribution >= 0.6 is 0 Å². The van der Waals surface area contributed by atoms with E-state index in [1.807, 2.05) is 0 Å². The van der Waals surface area contributed by atoms with Crippen molar-refractivity contribution in [1.29, 1.82) is 0 Å². The first-order chi connectivity index (χ1) is 10.2. The Hall–Kier alpha value is -1.13. The zero-order valence-electron chi connectivity index (χ0n) is 11.9. The Morgan fingerprint density at radius 1 is 1.38 bits per heavy atom. The van der Waals surface area contributed by atoms with Crippen molar-refractivity contribution in [1.82, 2.24) is 4.92 Å². The molecule has 11 heteroatoms. The fraction of sp³-hybridized carbons (Fsp3) is 0.400. The summed E-state index contributed by atoms with van der Waals surface area (Å²) in [5.41, 5.74) is 4.07. The van der Waals surface area contributed by atoms with Crippen LogP contribution in [0.25, 0.3) is 0 Å². The van der Waals surface area contributed by atoms with Crippen LogP contribution in [0.3, 0.4) is 0 Å². The van der Waals surface area contributed by atoms with E-state index in [9.17, 15) is 0 Å². The summed E-state index contributed by atoms with van der Waals surface area (Å²) in [4.78, 5) is 1.79. The molecule has 0 aliphatic carbocycles. The van der Waals surface area contributed by atoms with Gasteiger partial charge in [-0.25, -0.2) is 0 Å². The number of hydrogen-bond acceptors (Lipinski definition) is 2. The minimum atomic E-state index is -0.540. The lowest BCUT2D eigenvalue weighted by Crippen LogP contribution is -2.61. The number of nitrogens with zero attached hydrogens (tertiary/aromatic N) is 3. The molecule has 4 nitrogen and oxygen atoms in total. The molecule has 1 unspecified atom stereocenters. The molecule has 0 bridgehead atoms. The molecule has 21 heavy (non-hydrogen) atoms. The third kappa shape index (κ3) is 2.45. The quantitative estimate of drug-likeness (QED) is 0.334. The van der Waals surface area contributed by atoms with E-state index in [1.165, 1.54) is 16.7 Å². The summed E-state index contributed by atoms with van der Waals surface area (Å²) in [6.07, 6.45) is 1.49. The first-order valence-corrected chi connectivity index (χ1v) is 7.21. The van der Waals surface area contributed by atoms with Gasteiger partial charge in [-0.2, -0.15) is 0 Å². The molecular weight excluding hydrogens is 252 g/mol. The van der Waals surface area contributed by atoms with Crippen molar-refractivity contribution in [3.63, 3.8) is 0 Å². The molecule has 7 radical (unpaired) electrons. The fourth-order valence-electron chi connectivity index (χ4n) is 3.87. The van der Waals surface area contributed by atoms with Crippen LogP contribution in [0.1, 0.15) is 22.4 Å². The summed E-state index contributed by atoms with van der Waals surface area (Å²) in [6, 6.07) is 6.37. The van der Waals surface area contributed by atoms with Crippen LogP contribution in [-0.2, 0) is 13.0 Å². The van der Waals surface area contributed by atoms with Crippen molar-refractivity contribution in [3.05, 3.63) is 34.9 Å². The normalized spacial score (nSPS) is 20.6. The Bertz CT molecular complexity index is 554. The zero-order valence-corrected chi connectivity index (χ0v) is 11.9. The molecule has 0 saturated carbocycles. The predicted molar refractivity (Wildman–Crippen MR) is 92.6 cm³/mol. The van der Waals surface area contributed by atoms with E-state index in [2.05, 4.69) is 28.6 Å². The van der Waals surface area contributed by atoms with Crippen LogP contribution in [0.4, 0.5) is 0 Å². The standard InChI is InChI=1S/C10H12B7N4/c11-14-15-5-4-7-2-1-3-8-6-21(20-19-18)16(17(12)13)10(15)9(7)8/h1-3,10H,4-6H2,(H2,18,20). The Kier molecular flexibility index (Phi) is 4.18. The van der Waals surface area contributed by atoms with E-state index in [1.54, 1.807) is 12.0 Å². The van der Waals surface area contributed by atoms with E-state index >= 15 is 0 Å². The van der Waals surface area contributed by atoms with Crippen molar-refractivity contribution in [2.45, 2.75) is 25.0 Å². The van der Waals surface area contributed by atoms with Crippen molar-refractivity contribution < 1.29 is 0 Å². The molecule has 2 N–H and O–H groups in total. The molecule has 0 fully saturated rings. The number of hydrogen-bond donors (Lipinski definition) is 1. The lowest BCUT2D eigenvalue weighted by Gasteiger charge is -2.46. The summed E-state index contributed by atoms with van der Waals surface area (Å²) in [5.74, 6) is 5.24. The molecule has 93 valence electrons. The van der Waals surface area contributed by atoms with Crippen LogP contribution < -0.4 is 5.84 Å². The third-order valence-electron chi connectivity index (χ3n) is 4.68. The molecular formula is C10H12B7N4. The molecule has 0 aromatic heterocycles. The highest BCUT2D eigenvalue weighted by Crippen LogP contribution is 2.40. The van der Waals surface area contributed by atoms with Crippen LogP contribution in [-0.4, -0.2) is 54.9 Å². The van der Waals surface area contributed by atoms with Gasteiger partial charge in [0.1, 0.15) is 0 Å². The van der Waals surface area contributed by atoms with Gasteiger partial charge in [-0.1, -0.05) is 46.2 Å². The van der Waals surface area contributed by atoms with Crippen molar-refractivity contribution in [3.8, 4) is 0 Å². The minimum absolute atomic E-state index is 0.134. The van der Waals surface area contributed by atoms with E-state index in [-0.39, 0.29) is 19.1 Å². The monoisotopic (exact) mass is 265 g/mol. The summed E-state index contributed by atoms with van der Waals surface area (Å²) in [7, 11) is 19.7. The molecule has 3 rings (SSSR count). The summed E-state index contributed by atoms with van der Waals surface area (Å²) in [6.45, 7) is 0.692. The summed E-state index contributed by atoms with van der Waals surface area (Å²) in [5, 5.41) is 7.45. The van der Waals surface area contributed by atoms with Crippen molar-refractivity contribution >= 4 is 50.0 Å². The molecule has 0 amide bonds. The number of nitrogens with two attached hydrogens (primary N) is 1. The van der Waals surface area contributed by atoms with Gasteiger partial charge in [-0.15, -0.1) is 0 Å². The maximum absolute atomic E-state index is 6.04. The second-order valence-corrected chi connectivity index (χ2v) is 5.78. The van der Waals surface area contributed by atoms with Crippen LogP contribution in [0, 0.1) is 0 Å². The summed E-state index contributed by atoms with van der Waals surface area (Å²) >= 11 is 0. The fourth-order valence-corrected chi connectivity index (χ4v) is 3.87. The van der Waals surface area contributed by atoms with E-state index in [4.69, 9.17) is 29.1 Å². The van der Waals surface area contributed by atoms with Gasteiger partial charge in [-0.05, 0) is 17.5 Å². The van der Waals surface area contributed by atoms with Crippen LogP contribution in [0.15, 0.2) is 28.6 Å². The first kappa shape index (κ1) is 14.8. The van der Waals surface area contributed by atoms with Gasteiger partial charge in [0.05, 0.1) is 6.60 Å². The van der Waals surface area contributed by atoms with E-state index < -0.39 is 6.39 Å². The Morgan fingerprint density at radius 3 is 2.81 bits per heavy atom.